The van der Waals surface area contributed by atoms with Crippen LogP contribution in [0.5, 0.6) is 0 Å². The van der Waals surface area contributed by atoms with E-state index >= 15 is 0 Å². The SMILES string of the molecule is CCOC(=O)[C@](C)(N)C#N. The second-order valence-corrected chi connectivity index (χ2v) is 2.03. The molecule has 0 aromatic carbocycles. The first-order valence-corrected chi connectivity index (χ1v) is 2.92. The van der Waals surface area contributed by atoms with Gasteiger partial charge in [-0.15, -0.1) is 0 Å². The summed E-state index contributed by atoms with van der Waals surface area (Å²) in [4.78, 5) is 10.7. The summed E-state index contributed by atoms with van der Waals surface area (Å²) in [5.41, 5.74) is 3.71. The molecule has 2 N–H and O–H groups in total. The van der Waals surface area contributed by atoms with Gasteiger partial charge in [-0.05, 0) is 13.8 Å². The second-order valence-electron chi connectivity index (χ2n) is 2.03. The van der Waals surface area contributed by atoms with Crippen molar-refractivity contribution in [2.24, 2.45) is 5.73 Å². The van der Waals surface area contributed by atoms with Crippen LogP contribution in [0.1, 0.15) is 13.8 Å². The van der Waals surface area contributed by atoms with Crippen LogP contribution in [-0.4, -0.2) is 18.1 Å². The van der Waals surface area contributed by atoms with Gasteiger partial charge in [-0.2, -0.15) is 5.26 Å². The highest BCUT2D eigenvalue weighted by atomic mass is 16.5. The summed E-state index contributed by atoms with van der Waals surface area (Å²) in [5.74, 6) is -0.683. The molecule has 4 heteroatoms. The maximum absolute atomic E-state index is 10.7. The summed E-state index contributed by atoms with van der Waals surface area (Å²) in [6, 6.07) is 1.63. The zero-order valence-corrected chi connectivity index (χ0v) is 6.05. The van der Waals surface area contributed by atoms with Gasteiger partial charge in [-0.25, -0.2) is 4.79 Å². The second kappa shape index (κ2) is 3.18. The van der Waals surface area contributed by atoms with Crippen LogP contribution in [0.25, 0.3) is 0 Å². The fourth-order valence-electron chi connectivity index (χ4n) is 0.327. The third kappa shape index (κ3) is 2.03. The molecule has 0 aromatic rings. The molecule has 0 heterocycles. The van der Waals surface area contributed by atoms with Gasteiger partial charge < -0.3 is 10.5 Å². The van der Waals surface area contributed by atoms with Gasteiger partial charge in [0.2, 0.25) is 0 Å². The van der Waals surface area contributed by atoms with Gasteiger partial charge in [-0.3, -0.25) is 0 Å². The molecule has 0 radical (unpaired) electrons. The first kappa shape index (κ1) is 8.92. The molecule has 0 saturated carbocycles. The summed E-state index contributed by atoms with van der Waals surface area (Å²) in [6.45, 7) is 3.21. The van der Waals surface area contributed by atoms with E-state index in [1.807, 2.05) is 0 Å². The lowest BCUT2D eigenvalue weighted by Crippen LogP contribution is -2.44. The molecule has 0 aliphatic rings. The first-order valence-electron chi connectivity index (χ1n) is 2.92. The quantitative estimate of drug-likeness (QED) is 0.541. The van der Waals surface area contributed by atoms with E-state index in [9.17, 15) is 4.79 Å². The normalized spacial score (nSPS) is 15.0. The van der Waals surface area contributed by atoms with Gasteiger partial charge in [0, 0.05) is 0 Å². The number of esters is 1. The average Bonchev–Trinajstić information content (AvgIpc) is 1.89. The van der Waals surface area contributed by atoms with Crippen LogP contribution in [0.4, 0.5) is 0 Å². The molecular formula is C6H10N2O2. The highest BCUT2D eigenvalue weighted by molar-refractivity contribution is 5.83. The Hall–Kier alpha value is -1.08. The van der Waals surface area contributed by atoms with Gasteiger partial charge >= 0.3 is 5.97 Å². The number of ether oxygens (including phenoxy) is 1. The van der Waals surface area contributed by atoms with E-state index in [0.29, 0.717) is 0 Å². The van der Waals surface area contributed by atoms with Crippen LogP contribution in [0.3, 0.4) is 0 Å². The number of nitriles is 1. The van der Waals surface area contributed by atoms with E-state index in [0.717, 1.165) is 0 Å². The van der Waals surface area contributed by atoms with Crippen LogP contribution >= 0.6 is 0 Å². The zero-order chi connectivity index (χ0) is 8.20. The van der Waals surface area contributed by atoms with Gasteiger partial charge in [0.1, 0.15) is 0 Å². The third-order valence-electron chi connectivity index (χ3n) is 0.932. The molecule has 0 fully saturated rings. The highest BCUT2D eigenvalue weighted by Crippen LogP contribution is 1.98. The van der Waals surface area contributed by atoms with E-state index in [2.05, 4.69) is 4.74 Å². The Kier molecular flexibility index (Phi) is 2.84. The van der Waals surface area contributed by atoms with Crippen molar-refractivity contribution < 1.29 is 9.53 Å². The Bertz CT molecular complexity index is 169. The number of hydrogen-bond donors (Lipinski definition) is 1. The summed E-state index contributed by atoms with van der Waals surface area (Å²) in [6.07, 6.45) is 0. The molecule has 1 atom stereocenters. The molecule has 0 rings (SSSR count). The van der Waals surface area contributed by atoms with Crippen LogP contribution in [0.15, 0.2) is 0 Å². The lowest BCUT2D eigenvalue weighted by Gasteiger charge is -2.12. The molecule has 0 amide bonds. The summed E-state index contributed by atoms with van der Waals surface area (Å²) < 4.78 is 4.51. The Morgan fingerprint density at radius 1 is 1.90 bits per heavy atom. The Labute approximate surface area is 59.6 Å². The molecule has 0 aliphatic heterocycles. The van der Waals surface area contributed by atoms with Gasteiger partial charge in [0.15, 0.2) is 5.54 Å². The van der Waals surface area contributed by atoms with Crippen molar-refractivity contribution in [3.63, 3.8) is 0 Å². The molecule has 56 valence electrons. The molecule has 0 bridgehead atoms. The third-order valence-corrected chi connectivity index (χ3v) is 0.932. The maximum atomic E-state index is 10.7. The molecule has 0 spiro atoms. The van der Waals surface area contributed by atoms with Crippen LogP contribution < -0.4 is 5.73 Å². The minimum absolute atomic E-state index is 0.243. The highest BCUT2D eigenvalue weighted by Gasteiger charge is 2.29. The lowest BCUT2D eigenvalue weighted by atomic mass is 10.1. The smallest absolute Gasteiger partial charge is 0.340 e. The molecule has 0 saturated heterocycles. The van der Waals surface area contributed by atoms with E-state index < -0.39 is 11.5 Å². The van der Waals surface area contributed by atoms with Crippen LogP contribution in [-0.2, 0) is 9.53 Å². The Morgan fingerprint density at radius 3 is 2.70 bits per heavy atom. The van der Waals surface area contributed by atoms with Gasteiger partial charge in [0.25, 0.3) is 0 Å². The topological polar surface area (TPSA) is 76.1 Å². The maximum Gasteiger partial charge on any atom is 0.340 e. The predicted octanol–water partition coefficient (Wildman–Crippen LogP) is -0.210. The van der Waals surface area contributed by atoms with Crippen LogP contribution in [0, 0.1) is 11.3 Å². The largest absolute Gasteiger partial charge is 0.464 e. The number of hydrogen-bond acceptors (Lipinski definition) is 4. The minimum Gasteiger partial charge on any atom is -0.464 e. The van der Waals surface area contributed by atoms with E-state index in [1.165, 1.54) is 6.92 Å². The predicted molar refractivity (Wildman–Crippen MR) is 34.8 cm³/mol. The Balaban J connectivity index is 4.09. The van der Waals surface area contributed by atoms with Gasteiger partial charge in [-0.1, -0.05) is 0 Å². The van der Waals surface area contributed by atoms with Crippen molar-refractivity contribution >= 4 is 5.97 Å². The van der Waals surface area contributed by atoms with Crippen molar-refractivity contribution in [1.29, 1.82) is 5.26 Å². The molecule has 0 aromatic heterocycles. The summed E-state index contributed by atoms with van der Waals surface area (Å²) in [7, 11) is 0. The molecule has 10 heavy (non-hydrogen) atoms. The van der Waals surface area contributed by atoms with Crippen molar-refractivity contribution in [1.82, 2.24) is 0 Å². The lowest BCUT2D eigenvalue weighted by molar-refractivity contribution is -0.146. The van der Waals surface area contributed by atoms with Crippen molar-refractivity contribution in [3.8, 4) is 6.07 Å². The van der Waals surface area contributed by atoms with Crippen molar-refractivity contribution in [2.75, 3.05) is 6.61 Å². The number of carbonyl (C=O) groups excluding carboxylic acids is 1. The fraction of sp³-hybridized carbons (Fsp3) is 0.667. The monoisotopic (exact) mass is 142 g/mol. The standard InChI is InChI=1S/C6H10N2O2/c1-3-10-5(9)6(2,8)4-7/h3,8H2,1-2H3/t6-/m1/s1. The zero-order valence-electron chi connectivity index (χ0n) is 6.05. The molecule has 4 nitrogen and oxygen atoms in total. The van der Waals surface area contributed by atoms with Crippen LogP contribution in [0.2, 0.25) is 0 Å². The number of nitrogens with zero attached hydrogens (tertiary/aromatic N) is 1. The first-order chi connectivity index (χ1) is 4.54. The van der Waals surface area contributed by atoms with Gasteiger partial charge in [0.05, 0.1) is 12.7 Å². The number of nitrogens with two attached hydrogens (primary N) is 1. The fourth-order valence-corrected chi connectivity index (χ4v) is 0.327. The summed E-state index contributed by atoms with van der Waals surface area (Å²) >= 11 is 0. The van der Waals surface area contributed by atoms with Crippen molar-refractivity contribution in [2.45, 2.75) is 19.4 Å². The number of rotatable bonds is 2. The molecular weight excluding hydrogens is 132 g/mol. The minimum atomic E-state index is -1.50. The average molecular weight is 142 g/mol. The molecule has 0 unspecified atom stereocenters. The Morgan fingerprint density at radius 2 is 2.40 bits per heavy atom. The van der Waals surface area contributed by atoms with E-state index in [4.69, 9.17) is 11.0 Å². The summed E-state index contributed by atoms with van der Waals surface area (Å²) in [5, 5.41) is 8.32. The van der Waals surface area contributed by atoms with E-state index in [1.54, 1.807) is 13.0 Å². The van der Waals surface area contributed by atoms with Crippen molar-refractivity contribution in [3.05, 3.63) is 0 Å². The molecule has 0 aliphatic carbocycles. The van der Waals surface area contributed by atoms with E-state index in [-0.39, 0.29) is 6.61 Å². The number of carbonyl (C=O) groups is 1.